The van der Waals surface area contributed by atoms with E-state index in [-0.39, 0.29) is 31.3 Å². The molecule has 4 nitrogen and oxygen atoms in total. The molecule has 0 radical (unpaired) electrons. The predicted octanol–water partition coefficient (Wildman–Crippen LogP) is 2.96. The maximum absolute atomic E-state index is 13.3. The zero-order valence-corrected chi connectivity index (χ0v) is 12.2. The minimum absolute atomic E-state index is 0.0731. The molecule has 1 saturated carbocycles. The van der Waals surface area contributed by atoms with Gasteiger partial charge in [-0.1, -0.05) is 18.9 Å². The van der Waals surface area contributed by atoms with Crippen molar-refractivity contribution in [3.05, 3.63) is 35.4 Å². The van der Waals surface area contributed by atoms with Gasteiger partial charge in [0.05, 0.1) is 6.42 Å². The molecule has 0 spiro atoms. The standard InChI is InChI=1S/C16H19F2NO3/c17-13-6-5-11(9-14(13)18)10-19(8-7-15(20)21)16(22)12-3-1-2-4-12/h5-6,9,12H,1-4,7-8,10H2,(H,20,21). The van der Waals surface area contributed by atoms with Crippen molar-refractivity contribution in [3.63, 3.8) is 0 Å². The van der Waals surface area contributed by atoms with Crippen molar-refractivity contribution in [2.45, 2.75) is 38.6 Å². The largest absolute Gasteiger partial charge is 0.481 e. The Bertz CT molecular complexity index is 556. The summed E-state index contributed by atoms with van der Waals surface area (Å²) >= 11 is 0. The Balaban J connectivity index is 2.10. The molecule has 1 amide bonds. The van der Waals surface area contributed by atoms with Crippen LogP contribution in [0.5, 0.6) is 0 Å². The molecule has 22 heavy (non-hydrogen) atoms. The quantitative estimate of drug-likeness (QED) is 0.878. The number of carboxylic acids is 1. The molecule has 1 aromatic rings. The minimum Gasteiger partial charge on any atom is -0.481 e. The molecule has 120 valence electrons. The van der Waals surface area contributed by atoms with Crippen LogP contribution in [0.1, 0.15) is 37.7 Å². The van der Waals surface area contributed by atoms with Gasteiger partial charge in [-0.05, 0) is 30.5 Å². The lowest BCUT2D eigenvalue weighted by atomic mass is 10.1. The van der Waals surface area contributed by atoms with E-state index in [1.54, 1.807) is 0 Å². The summed E-state index contributed by atoms with van der Waals surface area (Å²) in [6.45, 7) is 0.170. The SMILES string of the molecule is O=C(O)CCN(Cc1ccc(F)c(F)c1)C(=O)C1CCCC1. The third-order valence-corrected chi connectivity index (χ3v) is 3.97. The number of amides is 1. The molecule has 1 aliphatic rings. The summed E-state index contributed by atoms with van der Waals surface area (Å²) in [7, 11) is 0. The molecule has 0 bridgehead atoms. The molecule has 0 aromatic heterocycles. The van der Waals surface area contributed by atoms with Gasteiger partial charge in [0.25, 0.3) is 0 Å². The average Bonchev–Trinajstić information content (AvgIpc) is 3.00. The maximum Gasteiger partial charge on any atom is 0.305 e. The molecule has 0 atom stereocenters. The van der Waals surface area contributed by atoms with Gasteiger partial charge in [-0.2, -0.15) is 0 Å². The van der Waals surface area contributed by atoms with Crippen LogP contribution in [0.3, 0.4) is 0 Å². The van der Waals surface area contributed by atoms with Gasteiger partial charge >= 0.3 is 5.97 Å². The summed E-state index contributed by atoms with van der Waals surface area (Å²) in [5.41, 5.74) is 0.454. The average molecular weight is 311 g/mol. The van der Waals surface area contributed by atoms with E-state index in [1.807, 2.05) is 0 Å². The van der Waals surface area contributed by atoms with Gasteiger partial charge in [-0.3, -0.25) is 9.59 Å². The van der Waals surface area contributed by atoms with Crippen LogP contribution in [0, 0.1) is 17.6 Å². The summed E-state index contributed by atoms with van der Waals surface area (Å²) in [5.74, 6) is -3.08. The lowest BCUT2D eigenvalue weighted by Crippen LogP contribution is -2.36. The van der Waals surface area contributed by atoms with Crippen LogP contribution >= 0.6 is 0 Å². The van der Waals surface area contributed by atoms with Crippen molar-refractivity contribution in [3.8, 4) is 0 Å². The third kappa shape index (κ3) is 4.26. The summed E-state index contributed by atoms with van der Waals surface area (Å²) in [6, 6.07) is 3.47. The first-order valence-corrected chi connectivity index (χ1v) is 7.42. The molecule has 6 heteroatoms. The van der Waals surface area contributed by atoms with E-state index in [4.69, 9.17) is 5.11 Å². The third-order valence-electron chi connectivity index (χ3n) is 3.97. The Kier molecular flexibility index (Phi) is 5.46. The number of benzene rings is 1. The van der Waals surface area contributed by atoms with Crippen LogP contribution in [0.15, 0.2) is 18.2 Å². The van der Waals surface area contributed by atoms with Gasteiger partial charge in [0.1, 0.15) is 0 Å². The van der Waals surface area contributed by atoms with Crippen LogP contribution in [0.4, 0.5) is 8.78 Å². The zero-order chi connectivity index (χ0) is 16.1. The second kappa shape index (κ2) is 7.33. The number of hydrogen-bond donors (Lipinski definition) is 1. The Morgan fingerprint density at radius 3 is 2.45 bits per heavy atom. The highest BCUT2D eigenvalue weighted by atomic mass is 19.2. The molecule has 1 fully saturated rings. The van der Waals surface area contributed by atoms with Gasteiger partial charge < -0.3 is 10.0 Å². The van der Waals surface area contributed by atoms with E-state index < -0.39 is 17.6 Å². The summed E-state index contributed by atoms with van der Waals surface area (Å²) in [4.78, 5) is 24.7. The fourth-order valence-corrected chi connectivity index (χ4v) is 2.79. The predicted molar refractivity (Wildman–Crippen MR) is 76.0 cm³/mol. The molecule has 0 saturated heterocycles. The van der Waals surface area contributed by atoms with Gasteiger partial charge in [0, 0.05) is 19.0 Å². The fraction of sp³-hybridized carbons (Fsp3) is 0.500. The van der Waals surface area contributed by atoms with Gasteiger partial charge in [0.2, 0.25) is 5.91 Å². The Morgan fingerprint density at radius 2 is 1.86 bits per heavy atom. The molecule has 1 aliphatic carbocycles. The molecular formula is C16H19F2NO3. The van der Waals surface area contributed by atoms with Crippen molar-refractivity contribution in [1.82, 2.24) is 4.90 Å². The van der Waals surface area contributed by atoms with Crippen LogP contribution in [0.2, 0.25) is 0 Å². The number of carbonyl (C=O) groups is 2. The normalized spacial score (nSPS) is 15.0. The van der Waals surface area contributed by atoms with Gasteiger partial charge in [-0.15, -0.1) is 0 Å². The maximum atomic E-state index is 13.3. The molecule has 1 N–H and O–H groups in total. The molecule has 2 rings (SSSR count). The first-order chi connectivity index (χ1) is 10.5. The highest BCUT2D eigenvalue weighted by Crippen LogP contribution is 2.27. The van der Waals surface area contributed by atoms with Crippen molar-refractivity contribution >= 4 is 11.9 Å². The number of hydrogen-bond acceptors (Lipinski definition) is 2. The van der Waals surface area contributed by atoms with Crippen LogP contribution in [0.25, 0.3) is 0 Å². The Morgan fingerprint density at radius 1 is 1.18 bits per heavy atom. The number of nitrogens with zero attached hydrogens (tertiary/aromatic N) is 1. The lowest BCUT2D eigenvalue weighted by molar-refractivity contribution is -0.140. The number of rotatable bonds is 6. The van der Waals surface area contributed by atoms with Crippen molar-refractivity contribution < 1.29 is 23.5 Å². The zero-order valence-electron chi connectivity index (χ0n) is 12.2. The number of carboxylic acid groups (broad SMARTS) is 1. The van der Waals surface area contributed by atoms with Crippen LogP contribution in [-0.2, 0) is 16.1 Å². The fourth-order valence-electron chi connectivity index (χ4n) is 2.79. The highest BCUT2D eigenvalue weighted by Gasteiger charge is 2.27. The molecule has 0 aliphatic heterocycles. The first kappa shape index (κ1) is 16.4. The van der Waals surface area contributed by atoms with E-state index in [0.29, 0.717) is 5.56 Å². The Hall–Kier alpha value is -1.98. The van der Waals surface area contributed by atoms with Crippen molar-refractivity contribution in [2.24, 2.45) is 5.92 Å². The smallest absolute Gasteiger partial charge is 0.305 e. The number of carbonyl (C=O) groups excluding carboxylic acids is 1. The molecular weight excluding hydrogens is 292 g/mol. The summed E-state index contributed by atoms with van der Waals surface area (Å²) < 4.78 is 26.2. The number of halogens is 2. The number of aliphatic carboxylic acids is 1. The Labute approximate surface area is 127 Å². The first-order valence-electron chi connectivity index (χ1n) is 7.42. The van der Waals surface area contributed by atoms with Gasteiger partial charge in [-0.25, -0.2) is 8.78 Å². The molecule has 0 heterocycles. The minimum atomic E-state index is -0.991. The monoisotopic (exact) mass is 311 g/mol. The van der Waals surface area contributed by atoms with E-state index in [1.165, 1.54) is 11.0 Å². The second-order valence-corrected chi connectivity index (χ2v) is 5.63. The van der Waals surface area contributed by atoms with Crippen LogP contribution in [-0.4, -0.2) is 28.4 Å². The summed E-state index contributed by atoms with van der Waals surface area (Å²) in [5, 5.41) is 8.81. The van der Waals surface area contributed by atoms with E-state index in [9.17, 15) is 18.4 Å². The van der Waals surface area contributed by atoms with E-state index >= 15 is 0 Å². The molecule has 1 aromatic carbocycles. The van der Waals surface area contributed by atoms with Crippen LogP contribution < -0.4 is 0 Å². The van der Waals surface area contributed by atoms with E-state index in [0.717, 1.165) is 37.8 Å². The lowest BCUT2D eigenvalue weighted by Gasteiger charge is -2.25. The van der Waals surface area contributed by atoms with Crippen molar-refractivity contribution in [2.75, 3.05) is 6.54 Å². The van der Waals surface area contributed by atoms with Crippen molar-refractivity contribution in [1.29, 1.82) is 0 Å². The van der Waals surface area contributed by atoms with E-state index in [2.05, 4.69) is 0 Å². The van der Waals surface area contributed by atoms with Gasteiger partial charge in [0.15, 0.2) is 11.6 Å². The highest BCUT2D eigenvalue weighted by molar-refractivity contribution is 5.79. The second-order valence-electron chi connectivity index (χ2n) is 5.63. The molecule has 0 unspecified atom stereocenters. The summed E-state index contributed by atoms with van der Waals surface area (Å²) in [6.07, 6.45) is 3.44. The topological polar surface area (TPSA) is 57.6 Å².